The summed E-state index contributed by atoms with van der Waals surface area (Å²) in [4.78, 5) is 23.8. The van der Waals surface area contributed by atoms with Gasteiger partial charge in [0.2, 0.25) is 5.95 Å². The second-order valence-corrected chi connectivity index (χ2v) is 12.3. The summed E-state index contributed by atoms with van der Waals surface area (Å²) in [6.07, 6.45) is 0. The number of aromatic nitrogens is 4. The topological polar surface area (TPSA) is 52.2 Å². The number of hydrogen-bond acceptors (Lipinski definition) is 3. The average molecular weight is 581 g/mol. The van der Waals surface area contributed by atoms with E-state index in [1.54, 1.807) is 4.40 Å². The van der Waals surface area contributed by atoms with E-state index in [-0.39, 0.29) is 11.1 Å². The standard InChI is InChI=1S/C40H28N4O/c1-40(2)32-19-11-9-17-28(32)30-23-31-29-18-10-12-20-34(29)43(36(31)24-33(30)40)38-41-37-22-27(25-13-5-3-6-14-25)21-35(44(37)39(45)42-38)26-15-7-4-8-16-26/h3-24H,1-2H3. The van der Waals surface area contributed by atoms with Crippen LogP contribution in [-0.2, 0) is 5.41 Å². The van der Waals surface area contributed by atoms with Gasteiger partial charge in [-0.05, 0) is 69.3 Å². The fourth-order valence-electron chi connectivity index (χ4n) is 7.22. The minimum absolute atomic E-state index is 0.166. The van der Waals surface area contributed by atoms with E-state index in [0.717, 1.165) is 44.2 Å². The van der Waals surface area contributed by atoms with Gasteiger partial charge in [0.1, 0.15) is 5.65 Å². The molecule has 5 heteroatoms. The van der Waals surface area contributed by atoms with Crippen molar-refractivity contribution in [1.29, 1.82) is 0 Å². The lowest BCUT2D eigenvalue weighted by atomic mass is 9.82. The van der Waals surface area contributed by atoms with Crippen LogP contribution in [0, 0.1) is 0 Å². The first-order valence-corrected chi connectivity index (χ1v) is 15.2. The number of rotatable bonds is 3. The smallest absolute Gasteiger partial charge is 0.278 e. The first-order valence-electron chi connectivity index (χ1n) is 15.2. The van der Waals surface area contributed by atoms with Crippen LogP contribution < -0.4 is 5.69 Å². The van der Waals surface area contributed by atoms with Crippen LogP contribution in [0.4, 0.5) is 0 Å². The van der Waals surface area contributed by atoms with Crippen molar-refractivity contribution in [3.05, 3.63) is 155 Å². The Balaban J connectivity index is 1.36. The van der Waals surface area contributed by atoms with Gasteiger partial charge in [0.05, 0.1) is 16.7 Å². The van der Waals surface area contributed by atoms with Gasteiger partial charge >= 0.3 is 5.69 Å². The van der Waals surface area contributed by atoms with Gasteiger partial charge in [-0.1, -0.05) is 117 Å². The van der Waals surface area contributed by atoms with Crippen LogP contribution >= 0.6 is 0 Å². The predicted octanol–water partition coefficient (Wildman–Crippen LogP) is 8.83. The molecule has 0 saturated carbocycles. The normalized spacial score (nSPS) is 13.4. The second kappa shape index (κ2) is 9.34. The summed E-state index contributed by atoms with van der Waals surface area (Å²) in [6.45, 7) is 4.57. The summed E-state index contributed by atoms with van der Waals surface area (Å²) in [5.74, 6) is 0.365. The van der Waals surface area contributed by atoms with Crippen LogP contribution in [0.15, 0.2) is 138 Å². The summed E-state index contributed by atoms with van der Waals surface area (Å²) in [5, 5.41) is 2.22. The van der Waals surface area contributed by atoms with Crippen molar-refractivity contribution in [2.75, 3.05) is 0 Å². The molecular formula is C40H28N4O. The van der Waals surface area contributed by atoms with Crippen LogP contribution in [-0.4, -0.2) is 18.9 Å². The Morgan fingerprint density at radius 1 is 0.556 bits per heavy atom. The maximum atomic E-state index is 14.0. The van der Waals surface area contributed by atoms with E-state index in [9.17, 15) is 4.79 Å². The fourth-order valence-corrected chi connectivity index (χ4v) is 7.22. The highest BCUT2D eigenvalue weighted by molar-refractivity contribution is 6.11. The Bertz CT molecular complexity index is 2530. The molecule has 3 aromatic heterocycles. The van der Waals surface area contributed by atoms with Crippen LogP contribution in [0.2, 0.25) is 0 Å². The van der Waals surface area contributed by atoms with Crippen molar-refractivity contribution >= 4 is 27.5 Å². The Morgan fingerprint density at radius 3 is 2.04 bits per heavy atom. The van der Waals surface area contributed by atoms with Crippen molar-refractivity contribution < 1.29 is 0 Å². The number of para-hydroxylation sites is 1. The second-order valence-electron chi connectivity index (χ2n) is 12.3. The van der Waals surface area contributed by atoms with Crippen molar-refractivity contribution in [2.45, 2.75) is 19.3 Å². The van der Waals surface area contributed by atoms with Gasteiger partial charge in [0.15, 0.2) is 0 Å². The van der Waals surface area contributed by atoms with Gasteiger partial charge in [-0.25, -0.2) is 9.20 Å². The van der Waals surface area contributed by atoms with Crippen LogP contribution in [0.5, 0.6) is 0 Å². The number of benzene rings is 5. The minimum atomic E-state index is -0.367. The molecule has 0 atom stereocenters. The summed E-state index contributed by atoms with van der Waals surface area (Å²) >= 11 is 0. The molecule has 0 bridgehead atoms. The number of fused-ring (bicyclic) bond motifs is 7. The summed E-state index contributed by atoms with van der Waals surface area (Å²) in [7, 11) is 0. The molecule has 5 aromatic carbocycles. The van der Waals surface area contributed by atoms with Gasteiger partial charge in [0, 0.05) is 16.2 Å². The van der Waals surface area contributed by atoms with Gasteiger partial charge in [-0.15, -0.1) is 0 Å². The number of hydrogen-bond donors (Lipinski definition) is 0. The molecule has 3 heterocycles. The lowest BCUT2D eigenvalue weighted by Gasteiger charge is -2.21. The molecule has 214 valence electrons. The van der Waals surface area contributed by atoms with Crippen molar-refractivity contribution in [1.82, 2.24) is 18.9 Å². The van der Waals surface area contributed by atoms with Crippen LogP contribution in [0.25, 0.3) is 66.9 Å². The van der Waals surface area contributed by atoms with E-state index >= 15 is 0 Å². The number of nitrogens with zero attached hydrogens (tertiary/aromatic N) is 4. The molecule has 1 aliphatic carbocycles. The number of pyridine rings is 1. The maximum Gasteiger partial charge on any atom is 0.357 e. The Hall–Kier alpha value is -5.81. The molecular weight excluding hydrogens is 552 g/mol. The molecule has 0 saturated heterocycles. The quantitative estimate of drug-likeness (QED) is 0.210. The molecule has 9 rings (SSSR count). The largest absolute Gasteiger partial charge is 0.357 e. The van der Waals surface area contributed by atoms with Crippen molar-refractivity contribution in [3.8, 4) is 39.5 Å². The highest BCUT2D eigenvalue weighted by Gasteiger charge is 2.36. The zero-order valence-electron chi connectivity index (χ0n) is 24.9. The third-order valence-corrected chi connectivity index (χ3v) is 9.40. The molecule has 1 aliphatic rings. The molecule has 0 aliphatic heterocycles. The molecule has 0 fully saturated rings. The van der Waals surface area contributed by atoms with Gasteiger partial charge < -0.3 is 0 Å². The van der Waals surface area contributed by atoms with E-state index in [4.69, 9.17) is 4.98 Å². The first kappa shape index (κ1) is 25.7. The van der Waals surface area contributed by atoms with Crippen molar-refractivity contribution in [3.63, 3.8) is 0 Å². The maximum absolute atomic E-state index is 14.0. The Labute approximate surface area is 259 Å². The fraction of sp³-hybridized carbons (Fsp3) is 0.0750. The third kappa shape index (κ3) is 3.71. The van der Waals surface area contributed by atoms with E-state index in [0.29, 0.717) is 11.6 Å². The molecule has 8 aromatic rings. The molecule has 0 amide bonds. The zero-order valence-corrected chi connectivity index (χ0v) is 24.9. The highest BCUT2D eigenvalue weighted by Crippen LogP contribution is 2.50. The third-order valence-electron chi connectivity index (χ3n) is 9.40. The first-order chi connectivity index (χ1) is 22.0. The van der Waals surface area contributed by atoms with Gasteiger partial charge in [-0.3, -0.25) is 4.57 Å². The highest BCUT2D eigenvalue weighted by atomic mass is 16.1. The Kier molecular flexibility index (Phi) is 5.33. The molecule has 45 heavy (non-hydrogen) atoms. The summed E-state index contributed by atoms with van der Waals surface area (Å²) in [5.41, 5.74) is 10.8. The molecule has 5 nitrogen and oxygen atoms in total. The van der Waals surface area contributed by atoms with Crippen LogP contribution in [0.3, 0.4) is 0 Å². The molecule has 0 unspecified atom stereocenters. The average Bonchev–Trinajstić information content (AvgIpc) is 3.52. The lowest BCUT2D eigenvalue weighted by molar-refractivity contribution is 0.661. The lowest BCUT2D eigenvalue weighted by Crippen LogP contribution is -2.23. The van der Waals surface area contributed by atoms with Crippen LogP contribution in [0.1, 0.15) is 25.0 Å². The van der Waals surface area contributed by atoms with Gasteiger partial charge in [-0.2, -0.15) is 9.97 Å². The summed E-state index contributed by atoms with van der Waals surface area (Å²) < 4.78 is 3.68. The zero-order chi connectivity index (χ0) is 30.3. The van der Waals surface area contributed by atoms with Gasteiger partial charge in [0.25, 0.3) is 0 Å². The van der Waals surface area contributed by atoms with E-state index in [1.165, 1.54) is 22.3 Å². The van der Waals surface area contributed by atoms with Crippen molar-refractivity contribution in [2.24, 2.45) is 0 Å². The minimum Gasteiger partial charge on any atom is -0.278 e. The summed E-state index contributed by atoms with van der Waals surface area (Å²) in [6, 6.07) is 45.8. The monoisotopic (exact) mass is 580 g/mol. The van der Waals surface area contributed by atoms with E-state index in [2.05, 4.69) is 90.1 Å². The Morgan fingerprint density at radius 2 is 1.24 bits per heavy atom. The molecule has 0 spiro atoms. The molecule has 0 N–H and O–H groups in total. The van der Waals surface area contributed by atoms with E-state index < -0.39 is 0 Å². The van der Waals surface area contributed by atoms with E-state index in [1.807, 2.05) is 66.7 Å². The molecule has 0 radical (unpaired) electrons. The predicted molar refractivity (Wildman–Crippen MR) is 182 cm³/mol. The SMILES string of the molecule is CC1(C)c2ccccc2-c2cc3c4ccccc4n(-c4nc(=O)n5c(-c6ccccc6)cc(-c6ccccc6)cc5n4)c3cc21.